The summed E-state index contributed by atoms with van der Waals surface area (Å²) in [4.78, 5) is 30.0. The molecule has 2 N–H and O–H groups in total. The fraction of sp³-hybridized carbons (Fsp3) is 0.115. The number of hydrogen-bond donors (Lipinski definition) is 2. The number of carbonyl (C=O) groups excluding carboxylic acids is 2. The first kappa shape index (κ1) is 21.5. The van der Waals surface area contributed by atoms with Crippen molar-refractivity contribution in [1.29, 1.82) is 0 Å². The van der Waals surface area contributed by atoms with E-state index in [-0.39, 0.29) is 11.8 Å². The summed E-state index contributed by atoms with van der Waals surface area (Å²) in [5, 5.41) is 0.766. The van der Waals surface area contributed by atoms with E-state index in [2.05, 4.69) is 47.0 Å². The highest BCUT2D eigenvalue weighted by Gasteiger charge is 2.17. The summed E-state index contributed by atoms with van der Waals surface area (Å²) >= 11 is 1.30. The van der Waals surface area contributed by atoms with Crippen LogP contribution in [0.1, 0.15) is 38.2 Å². The Morgan fingerprint density at radius 2 is 1.38 bits per heavy atom. The minimum Gasteiger partial charge on any atom is -0.267 e. The van der Waals surface area contributed by atoms with Gasteiger partial charge in [0.1, 0.15) is 9.88 Å². The van der Waals surface area contributed by atoms with E-state index in [9.17, 15) is 9.59 Å². The lowest BCUT2D eigenvalue weighted by atomic mass is 10.0. The van der Waals surface area contributed by atoms with Crippen molar-refractivity contribution in [1.82, 2.24) is 15.8 Å². The van der Waals surface area contributed by atoms with Crippen molar-refractivity contribution in [3.8, 4) is 21.7 Å². The highest BCUT2D eigenvalue weighted by molar-refractivity contribution is 7.17. The maximum Gasteiger partial charge on any atom is 0.281 e. The molecule has 3 aromatic carbocycles. The number of benzene rings is 3. The van der Waals surface area contributed by atoms with Gasteiger partial charge < -0.3 is 0 Å². The van der Waals surface area contributed by atoms with Crippen LogP contribution in [0.2, 0.25) is 0 Å². The number of nitrogens with one attached hydrogen (secondary N) is 2. The molecule has 0 radical (unpaired) electrons. The van der Waals surface area contributed by atoms with Crippen LogP contribution in [0.3, 0.4) is 0 Å². The van der Waals surface area contributed by atoms with Gasteiger partial charge in [-0.05, 0) is 42.2 Å². The molecule has 0 saturated heterocycles. The van der Waals surface area contributed by atoms with Crippen LogP contribution in [0, 0.1) is 6.92 Å². The predicted octanol–water partition coefficient (Wildman–Crippen LogP) is 5.42. The van der Waals surface area contributed by atoms with Gasteiger partial charge in [-0.15, -0.1) is 11.3 Å². The van der Waals surface area contributed by atoms with Gasteiger partial charge in [-0.1, -0.05) is 73.7 Å². The minimum absolute atomic E-state index is 0.378. The van der Waals surface area contributed by atoms with E-state index in [1.54, 1.807) is 19.1 Å². The molecule has 1 aromatic heterocycles. The van der Waals surface area contributed by atoms with Crippen LogP contribution in [0.25, 0.3) is 21.7 Å². The largest absolute Gasteiger partial charge is 0.281 e. The van der Waals surface area contributed by atoms with Gasteiger partial charge in [-0.25, -0.2) is 4.98 Å². The second-order valence-corrected chi connectivity index (χ2v) is 8.33. The molecule has 0 atom stereocenters. The van der Waals surface area contributed by atoms with E-state index in [1.807, 2.05) is 42.5 Å². The minimum atomic E-state index is -0.386. The standard InChI is InChI=1S/C26H23N3O2S/c1-3-18-9-11-19(12-10-18)20-13-15-21(16-14-20)24(30)28-29-25(31)23-17(2)27-26(32-23)22-7-5-4-6-8-22/h4-16H,3H2,1-2H3,(H,28,30)(H,29,31). The van der Waals surface area contributed by atoms with Gasteiger partial charge >= 0.3 is 0 Å². The van der Waals surface area contributed by atoms with Crippen LogP contribution in [0.15, 0.2) is 78.9 Å². The molecule has 6 heteroatoms. The zero-order valence-corrected chi connectivity index (χ0v) is 18.7. The predicted molar refractivity (Wildman–Crippen MR) is 128 cm³/mol. The van der Waals surface area contributed by atoms with Crippen LogP contribution < -0.4 is 10.9 Å². The van der Waals surface area contributed by atoms with Crippen molar-refractivity contribution >= 4 is 23.2 Å². The monoisotopic (exact) mass is 441 g/mol. The van der Waals surface area contributed by atoms with Crippen molar-refractivity contribution in [2.24, 2.45) is 0 Å². The van der Waals surface area contributed by atoms with E-state index in [0.29, 0.717) is 16.1 Å². The van der Waals surface area contributed by atoms with E-state index >= 15 is 0 Å². The fourth-order valence-corrected chi connectivity index (χ4v) is 4.27. The Morgan fingerprint density at radius 3 is 2.00 bits per heavy atom. The molecule has 2 amide bonds. The summed E-state index contributed by atoms with van der Waals surface area (Å²) in [6.07, 6.45) is 1.000. The van der Waals surface area contributed by atoms with Crippen LogP contribution in [-0.4, -0.2) is 16.8 Å². The highest BCUT2D eigenvalue weighted by atomic mass is 32.1. The van der Waals surface area contributed by atoms with Crippen LogP contribution in [0.5, 0.6) is 0 Å². The molecule has 0 unspecified atom stereocenters. The molecule has 0 fully saturated rings. The van der Waals surface area contributed by atoms with Gasteiger partial charge in [-0.3, -0.25) is 20.4 Å². The summed E-state index contributed by atoms with van der Waals surface area (Å²) < 4.78 is 0. The second-order valence-electron chi connectivity index (χ2n) is 7.34. The molecule has 0 aliphatic heterocycles. The van der Waals surface area contributed by atoms with Gasteiger partial charge in [0.25, 0.3) is 11.8 Å². The maximum absolute atomic E-state index is 12.6. The number of aryl methyl sites for hydroxylation is 2. The van der Waals surface area contributed by atoms with Gasteiger partial charge in [0, 0.05) is 11.1 Å². The number of thiazole rings is 1. The zero-order valence-electron chi connectivity index (χ0n) is 17.9. The Hall–Kier alpha value is -3.77. The quantitative estimate of drug-likeness (QED) is 0.406. The third kappa shape index (κ3) is 4.76. The van der Waals surface area contributed by atoms with Gasteiger partial charge in [0.15, 0.2) is 0 Å². The number of hydrogen-bond acceptors (Lipinski definition) is 4. The Kier molecular flexibility index (Phi) is 6.42. The number of aromatic nitrogens is 1. The van der Waals surface area contributed by atoms with Crippen molar-refractivity contribution in [2.75, 3.05) is 0 Å². The maximum atomic E-state index is 12.6. The molecular weight excluding hydrogens is 418 g/mol. The number of nitrogens with zero attached hydrogens (tertiary/aromatic N) is 1. The molecular formula is C26H23N3O2S. The summed E-state index contributed by atoms with van der Waals surface area (Å²) in [6.45, 7) is 3.91. The third-order valence-corrected chi connectivity index (χ3v) is 6.36. The third-order valence-electron chi connectivity index (χ3n) is 5.16. The fourth-order valence-electron chi connectivity index (χ4n) is 3.30. The Labute approximate surface area is 191 Å². The number of hydrazine groups is 1. The molecule has 1 heterocycles. The van der Waals surface area contributed by atoms with Crippen LogP contribution >= 0.6 is 11.3 Å². The lowest BCUT2D eigenvalue weighted by molar-refractivity contribution is 0.0848. The molecule has 0 aliphatic rings. The molecule has 32 heavy (non-hydrogen) atoms. The molecule has 0 saturated carbocycles. The molecule has 4 aromatic rings. The van der Waals surface area contributed by atoms with E-state index < -0.39 is 0 Å². The summed E-state index contributed by atoms with van der Waals surface area (Å²) in [5.41, 5.74) is 10.4. The normalized spacial score (nSPS) is 10.6. The number of carbonyl (C=O) groups is 2. The Morgan fingerprint density at radius 1 is 0.781 bits per heavy atom. The van der Waals surface area contributed by atoms with E-state index in [4.69, 9.17) is 0 Å². The Bertz CT molecular complexity index is 1230. The molecule has 0 bridgehead atoms. The first-order valence-electron chi connectivity index (χ1n) is 10.4. The van der Waals surface area contributed by atoms with Crippen molar-refractivity contribution in [2.45, 2.75) is 20.3 Å². The first-order chi connectivity index (χ1) is 15.5. The van der Waals surface area contributed by atoms with Gasteiger partial charge in [0.05, 0.1) is 5.69 Å². The van der Waals surface area contributed by atoms with Crippen molar-refractivity contribution < 1.29 is 9.59 Å². The first-order valence-corrected chi connectivity index (χ1v) is 11.2. The zero-order chi connectivity index (χ0) is 22.5. The summed E-state index contributed by atoms with van der Waals surface area (Å²) in [5.74, 6) is -0.764. The van der Waals surface area contributed by atoms with Crippen molar-refractivity contribution in [3.63, 3.8) is 0 Å². The summed E-state index contributed by atoms with van der Waals surface area (Å²) in [6, 6.07) is 25.3. The van der Waals surface area contributed by atoms with Gasteiger partial charge in [0.2, 0.25) is 0 Å². The topological polar surface area (TPSA) is 71.1 Å². The lowest BCUT2D eigenvalue weighted by Crippen LogP contribution is -2.41. The molecule has 5 nitrogen and oxygen atoms in total. The molecule has 0 spiro atoms. The molecule has 0 aliphatic carbocycles. The highest BCUT2D eigenvalue weighted by Crippen LogP contribution is 2.27. The number of amides is 2. The van der Waals surface area contributed by atoms with Crippen LogP contribution in [-0.2, 0) is 6.42 Å². The SMILES string of the molecule is CCc1ccc(-c2ccc(C(=O)NNC(=O)c3sc(-c4ccccc4)nc3C)cc2)cc1. The summed E-state index contributed by atoms with van der Waals surface area (Å²) in [7, 11) is 0. The van der Waals surface area contributed by atoms with E-state index in [1.165, 1.54) is 16.9 Å². The smallest absolute Gasteiger partial charge is 0.267 e. The van der Waals surface area contributed by atoms with E-state index in [0.717, 1.165) is 28.1 Å². The van der Waals surface area contributed by atoms with Crippen LogP contribution in [0.4, 0.5) is 0 Å². The average Bonchev–Trinajstić information content (AvgIpc) is 3.24. The molecule has 160 valence electrons. The molecule has 4 rings (SSSR count). The Balaban J connectivity index is 1.39. The van der Waals surface area contributed by atoms with Gasteiger partial charge in [-0.2, -0.15) is 0 Å². The number of rotatable bonds is 5. The average molecular weight is 442 g/mol. The second kappa shape index (κ2) is 9.58. The van der Waals surface area contributed by atoms with Crippen molar-refractivity contribution in [3.05, 3.63) is 101 Å². The lowest BCUT2D eigenvalue weighted by Gasteiger charge is -2.08.